The fourth-order valence-corrected chi connectivity index (χ4v) is 2.13. The molecule has 0 aliphatic rings. The van der Waals surface area contributed by atoms with E-state index in [0.717, 1.165) is 29.8 Å². The van der Waals surface area contributed by atoms with Gasteiger partial charge in [-0.25, -0.2) is 4.89 Å². The Kier molecular flexibility index (Phi) is 5.65. The molecular formula is C9H12N2O2S2. The Hall–Kier alpha value is -0.610. The van der Waals surface area contributed by atoms with Crippen LogP contribution in [0.5, 0.6) is 0 Å². The van der Waals surface area contributed by atoms with Gasteiger partial charge in [-0.2, -0.15) is 14.0 Å². The maximum atomic E-state index is 8.84. The first-order valence-electron chi connectivity index (χ1n) is 4.62. The summed E-state index contributed by atoms with van der Waals surface area (Å²) in [6, 6.07) is 2.09. The Morgan fingerprint density at radius 3 is 3.07 bits per heavy atom. The summed E-state index contributed by atoms with van der Waals surface area (Å²) in [5.74, 6) is 0. The van der Waals surface area contributed by atoms with Gasteiger partial charge in [0.1, 0.15) is 11.6 Å². The summed E-state index contributed by atoms with van der Waals surface area (Å²) < 4.78 is 8.97. The molecule has 0 N–H and O–H groups in total. The zero-order valence-corrected chi connectivity index (χ0v) is 10.3. The molecule has 1 heterocycles. The Morgan fingerprint density at radius 1 is 1.60 bits per heavy atom. The van der Waals surface area contributed by atoms with Crippen LogP contribution in [0.25, 0.3) is 0 Å². The standard InChI is InChI=1S/C9H12N2O2S2/c1-3-4-5-12-13-15-9-8(6-10)7(2)14-11-9/h3-5H2,1-2H3. The third-order valence-electron chi connectivity index (χ3n) is 1.69. The highest BCUT2D eigenvalue weighted by Gasteiger charge is 2.11. The molecule has 0 unspecified atom stereocenters. The van der Waals surface area contributed by atoms with E-state index in [1.54, 1.807) is 0 Å². The van der Waals surface area contributed by atoms with Crippen LogP contribution in [-0.4, -0.2) is 11.0 Å². The molecule has 1 aromatic rings. The number of nitriles is 1. The Labute approximate surface area is 97.5 Å². The highest BCUT2D eigenvalue weighted by atomic mass is 32.2. The second kappa shape index (κ2) is 6.80. The minimum Gasteiger partial charge on any atom is -0.224 e. The van der Waals surface area contributed by atoms with Crippen molar-refractivity contribution in [1.82, 2.24) is 4.37 Å². The SMILES string of the molecule is CCCCOOSc1nsc(C)c1C#N. The smallest absolute Gasteiger partial charge is 0.158 e. The van der Waals surface area contributed by atoms with Crippen LogP contribution in [-0.2, 0) is 9.22 Å². The lowest BCUT2D eigenvalue weighted by Gasteiger charge is -1.99. The predicted molar refractivity (Wildman–Crippen MR) is 59.4 cm³/mol. The largest absolute Gasteiger partial charge is 0.224 e. The van der Waals surface area contributed by atoms with Crippen LogP contribution in [0.4, 0.5) is 0 Å². The van der Waals surface area contributed by atoms with Crippen molar-refractivity contribution in [2.24, 2.45) is 0 Å². The van der Waals surface area contributed by atoms with Crippen molar-refractivity contribution in [2.45, 2.75) is 31.7 Å². The van der Waals surface area contributed by atoms with E-state index in [0.29, 0.717) is 17.2 Å². The van der Waals surface area contributed by atoms with Crippen LogP contribution in [0, 0.1) is 18.3 Å². The maximum absolute atomic E-state index is 8.84. The fraction of sp³-hybridized carbons (Fsp3) is 0.556. The number of rotatable bonds is 6. The van der Waals surface area contributed by atoms with Crippen LogP contribution in [0.1, 0.15) is 30.2 Å². The number of aromatic nitrogens is 1. The molecule has 0 radical (unpaired) electrons. The van der Waals surface area contributed by atoms with Crippen molar-refractivity contribution in [3.63, 3.8) is 0 Å². The van der Waals surface area contributed by atoms with Crippen molar-refractivity contribution in [1.29, 1.82) is 5.26 Å². The van der Waals surface area contributed by atoms with Crippen molar-refractivity contribution in [2.75, 3.05) is 6.61 Å². The van der Waals surface area contributed by atoms with Crippen LogP contribution in [0.15, 0.2) is 5.03 Å². The van der Waals surface area contributed by atoms with Crippen molar-refractivity contribution < 1.29 is 9.22 Å². The predicted octanol–water partition coefficient (Wildman–Crippen LogP) is 3.08. The lowest BCUT2D eigenvalue weighted by atomic mass is 10.3. The molecule has 1 aromatic heterocycles. The lowest BCUT2D eigenvalue weighted by Crippen LogP contribution is -1.91. The summed E-state index contributed by atoms with van der Waals surface area (Å²) in [5, 5.41) is 9.42. The summed E-state index contributed by atoms with van der Waals surface area (Å²) in [6.45, 7) is 4.50. The fourth-order valence-electron chi connectivity index (χ4n) is 0.829. The quantitative estimate of drug-likeness (QED) is 0.333. The van der Waals surface area contributed by atoms with Gasteiger partial charge < -0.3 is 0 Å². The number of aryl methyl sites for hydroxylation is 1. The third kappa shape index (κ3) is 3.80. The molecule has 0 amide bonds. The van der Waals surface area contributed by atoms with Crippen molar-refractivity contribution >= 4 is 23.6 Å². The van der Waals surface area contributed by atoms with Gasteiger partial charge in [0.15, 0.2) is 5.03 Å². The molecule has 0 atom stereocenters. The molecule has 82 valence electrons. The van der Waals surface area contributed by atoms with E-state index >= 15 is 0 Å². The highest BCUT2D eigenvalue weighted by Crippen LogP contribution is 2.27. The van der Waals surface area contributed by atoms with Gasteiger partial charge in [0.25, 0.3) is 0 Å². The van der Waals surface area contributed by atoms with E-state index in [1.165, 1.54) is 11.5 Å². The zero-order chi connectivity index (χ0) is 11.1. The van der Waals surface area contributed by atoms with Crippen LogP contribution in [0.3, 0.4) is 0 Å². The van der Waals surface area contributed by atoms with E-state index in [4.69, 9.17) is 14.5 Å². The molecule has 0 saturated carbocycles. The first-order valence-corrected chi connectivity index (χ1v) is 6.13. The molecule has 15 heavy (non-hydrogen) atoms. The van der Waals surface area contributed by atoms with Crippen molar-refractivity contribution in [3.05, 3.63) is 10.4 Å². The van der Waals surface area contributed by atoms with Gasteiger partial charge in [-0.1, -0.05) is 13.3 Å². The van der Waals surface area contributed by atoms with Gasteiger partial charge in [-0.3, -0.25) is 0 Å². The Balaban J connectivity index is 2.35. The normalized spacial score (nSPS) is 10.2. The van der Waals surface area contributed by atoms with Gasteiger partial charge >= 0.3 is 0 Å². The number of hydrogen-bond acceptors (Lipinski definition) is 6. The molecule has 4 nitrogen and oxygen atoms in total. The summed E-state index contributed by atoms with van der Waals surface area (Å²) in [5.41, 5.74) is 0.573. The first kappa shape index (κ1) is 12.5. The van der Waals surface area contributed by atoms with Crippen molar-refractivity contribution in [3.8, 4) is 6.07 Å². The Bertz CT molecular complexity index is 346. The van der Waals surface area contributed by atoms with Gasteiger partial charge in [0.2, 0.25) is 0 Å². The van der Waals surface area contributed by atoms with E-state index in [2.05, 4.69) is 17.4 Å². The Morgan fingerprint density at radius 2 is 2.40 bits per heavy atom. The maximum Gasteiger partial charge on any atom is 0.158 e. The molecule has 0 aromatic carbocycles. The summed E-state index contributed by atoms with van der Waals surface area (Å²) in [4.78, 5) is 5.81. The van der Waals surface area contributed by atoms with Crippen LogP contribution in [0.2, 0.25) is 0 Å². The van der Waals surface area contributed by atoms with Gasteiger partial charge in [0, 0.05) is 4.88 Å². The van der Waals surface area contributed by atoms with E-state index in [9.17, 15) is 0 Å². The summed E-state index contributed by atoms with van der Waals surface area (Å²) in [7, 11) is 0. The molecular weight excluding hydrogens is 232 g/mol. The molecule has 0 fully saturated rings. The minimum atomic E-state index is 0.564. The van der Waals surface area contributed by atoms with E-state index in [1.807, 2.05) is 6.92 Å². The van der Waals surface area contributed by atoms with E-state index in [-0.39, 0.29) is 0 Å². The van der Waals surface area contributed by atoms with Gasteiger partial charge in [-0.15, -0.1) is 0 Å². The molecule has 6 heteroatoms. The molecule has 0 saturated heterocycles. The lowest BCUT2D eigenvalue weighted by molar-refractivity contribution is -0.191. The second-order valence-electron chi connectivity index (χ2n) is 2.86. The van der Waals surface area contributed by atoms with Gasteiger partial charge in [0.05, 0.1) is 18.6 Å². The van der Waals surface area contributed by atoms with E-state index < -0.39 is 0 Å². The van der Waals surface area contributed by atoms with Gasteiger partial charge in [-0.05, 0) is 24.9 Å². The third-order valence-corrected chi connectivity index (χ3v) is 3.17. The molecule has 0 spiro atoms. The molecule has 0 aliphatic heterocycles. The van der Waals surface area contributed by atoms with Crippen LogP contribution < -0.4 is 0 Å². The number of nitrogens with zero attached hydrogens (tertiary/aromatic N) is 2. The summed E-state index contributed by atoms with van der Waals surface area (Å²) in [6.07, 6.45) is 2.02. The molecule has 1 rings (SSSR count). The number of hydrogen-bond donors (Lipinski definition) is 0. The zero-order valence-electron chi connectivity index (χ0n) is 8.65. The van der Waals surface area contributed by atoms with Crippen LogP contribution >= 0.6 is 23.6 Å². The first-order chi connectivity index (χ1) is 7.29. The highest BCUT2D eigenvalue weighted by molar-refractivity contribution is 7.94. The average molecular weight is 244 g/mol. The summed E-state index contributed by atoms with van der Waals surface area (Å²) >= 11 is 2.29. The topological polar surface area (TPSA) is 55.1 Å². The monoisotopic (exact) mass is 244 g/mol. The molecule has 0 aliphatic carbocycles. The average Bonchev–Trinajstić information content (AvgIpc) is 2.59. The molecule has 0 bridgehead atoms. The number of unbranched alkanes of at least 4 members (excludes halogenated alkanes) is 1. The minimum absolute atomic E-state index is 0.564. The second-order valence-corrected chi connectivity index (χ2v) is 4.52.